The van der Waals surface area contributed by atoms with E-state index in [1.54, 1.807) is 44.6 Å². The van der Waals surface area contributed by atoms with Crippen molar-refractivity contribution in [1.29, 1.82) is 0 Å². The van der Waals surface area contributed by atoms with Gasteiger partial charge in [0.2, 0.25) is 5.91 Å². The van der Waals surface area contributed by atoms with Crippen molar-refractivity contribution >= 4 is 23.4 Å². The summed E-state index contributed by atoms with van der Waals surface area (Å²) in [5.74, 6) is 2.07. The van der Waals surface area contributed by atoms with Gasteiger partial charge >= 0.3 is 0 Å². The lowest BCUT2D eigenvalue weighted by Gasteiger charge is -2.11. The normalized spacial score (nSPS) is 10.6. The molecule has 3 aromatic rings. The third-order valence-electron chi connectivity index (χ3n) is 3.50. The number of nitrogens with zero attached hydrogens (tertiary/aromatic N) is 2. The molecule has 0 saturated heterocycles. The van der Waals surface area contributed by atoms with Crippen LogP contribution in [0.1, 0.15) is 5.76 Å². The van der Waals surface area contributed by atoms with Gasteiger partial charge in [0.15, 0.2) is 0 Å². The van der Waals surface area contributed by atoms with Crippen molar-refractivity contribution in [3.05, 3.63) is 36.3 Å². The van der Waals surface area contributed by atoms with E-state index in [9.17, 15) is 4.79 Å². The highest BCUT2D eigenvalue weighted by atomic mass is 32.2. The molecule has 3 rings (SSSR count). The quantitative estimate of drug-likeness (QED) is 0.627. The summed E-state index contributed by atoms with van der Waals surface area (Å²) >= 11 is 1.14. The molecule has 0 unspecified atom stereocenters. The van der Waals surface area contributed by atoms with E-state index in [4.69, 9.17) is 18.3 Å². The lowest BCUT2D eigenvalue weighted by atomic mass is 10.2. The molecule has 8 nitrogen and oxygen atoms in total. The average Bonchev–Trinajstić information content (AvgIpc) is 3.28. The first-order valence-corrected chi connectivity index (χ1v) is 8.62. The number of furan rings is 1. The Hall–Kier alpha value is -2.94. The summed E-state index contributed by atoms with van der Waals surface area (Å²) in [7, 11) is 3.09. The number of thioether (sulfide) groups is 1. The van der Waals surface area contributed by atoms with Gasteiger partial charge in [-0.25, -0.2) is 0 Å². The highest BCUT2D eigenvalue weighted by Crippen LogP contribution is 2.30. The highest BCUT2D eigenvalue weighted by molar-refractivity contribution is 7.99. The third kappa shape index (κ3) is 3.99. The Morgan fingerprint density at radius 3 is 2.77 bits per heavy atom. The minimum atomic E-state index is -0.235. The second-order valence-electron chi connectivity index (χ2n) is 5.17. The lowest BCUT2D eigenvalue weighted by molar-refractivity contribution is -0.113. The van der Waals surface area contributed by atoms with Crippen LogP contribution in [0.25, 0.3) is 11.5 Å². The monoisotopic (exact) mass is 375 g/mol. The number of ether oxygens (including phenoxy) is 2. The number of rotatable bonds is 7. The third-order valence-corrected chi connectivity index (χ3v) is 4.32. The number of hydrogen-bond acceptors (Lipinski definition) is 8. The summed E-state index contributed by atoms with van der Waals surface area (Å²) in [4.78, 5) is 12.2. The van der Waals surface area contributed by atoms with Gasteiger partial charge in [0.25, 0.3) is 11.1 Å². The van der Waals surface area contributed by atoms with Crippen LogP contribution in [0.3, 0.4) is 0 Å². The van der Waals surface area contributed by atoms with E-state index in [1.165, 1.54) is 7.11 Å². The first-order valence-electron chi connectivity index (χ1n) is 7.63. The van der Waals surface area contributed by atoms with Gasteiger partial charge in [-0.15, -0.1) is 10.2 Å². The zero-order valence-corrected chi connectivity index (χ0v) is 15.3. The smallest absolute Gasteiger partial charge is 0.277 e. The number of amides is 1. The number of hydrogen-bond donors (Lipinski definition) is 1. The minimum absolute atomic E-state index is 0.104. The van der Waals surface area contributed by atoms with E-state index in [2.05, 4.69) is 15.5 Å². The van der Waals surface area contributed by atoms with E-state index in [0.717, 1.165) is 17.3 Å². The molecular weight excluding hydrogens is 358 g/mol. The van der Waals surface area contributed by atoms with E-state index in [0.29, 0.717) is 34.1 Å². The molecule has 0 radical (unpaired) electrons. The van der Waals surface area contributed by atoms with Crippen molar-refractivity contribution in [2.45, 2.75) is 12.1 Å². The molecule has 1 amide bonds. The van der Waals surface area contributed by atoms with E-state index >= 15 is 0 Å². The molecule has 0 spiro atoms. The summed E-state index contributed by atoms with van der Waals surface area (Å²) in [6, 6.07) is 6.91. The Balaban J connectivity index is 1.61. The average molecular weight is 375 g/mol. The molecule has 2 aromatic heterocycles. The molecule has 26 heavy (non-hydrogen) atoms. The van der Waals surface area contributed by atoms with Crippen LogP contribution in [0.2, 0.25) is 0 Å². The minimum Gasteiger partial charge on any atom is -0.497 e. The first kappa shape index (κ1) is 17.9. The van der Waals surface area contributed by atoms with Crippen LogP contribution in [0.4, 0.5) is 5.69 Å². The van der Waals surface area contributed by atoms with Gasteiger partial charge in [0.05, 0.1) is 37.5 Å². The van der Waals surface area contributed by atoms with Crippen LogP contribution < -0.4 is 14.8 Å². The summed E-state index contributed by atoms with van der Waals surface area (Å²) < 4.78 is 21.2. The Morgan fingerprint density at radius 1 is 1.23 bits per heavy atom. The number of carbonyl (C=O) groups excluding carboxylic acids is 1. The highest BCUT2D eigenvalue weighted by Gasteiger charge is 2.15. The van der Waals surface area contributed by atoms with Gasteiger partial charge in [-0.2, -0.15) is 0 Å². The molecule has 0 bridgehead atoms. The maximum absolute atomic E-state index is 12.2. The summed E-state index contributed by atoms with van der Waals surface area (Å²) in [6.07, 6.45) is 1.55. The predicted molar refractivity (Wildman–Crippen MR) is 95.6 cm³/mol. The zero-order chi connectivity index (χ0) is 18.5. The molecular formula is C17H17N3O5S. The molecule has 0 fully saturated rings. The van der Waals surface area contributed by atoms with Crippen molar-refractivity contribution in [3.63, 3.8) is 0 Å². The zero-order valence-electron chi connectivity index (χ0n) is 14.4. The molecule has 0 saturated carbocycles. The fourth-order valence-electron chi connectivity index (χ4n) is 2.21. The summed E-state index contributed by atoms with van der Waals surface area (Å²) in [5.41, 5.74) is 1.26. The van der Waals surface area contributed by atoms with Gasteiger partial charge < -0.3 is 23.6 Å². The van der Waals surface area contributed by atoms with Crippen molar-refractivity contribution in [3.8, 4) is 23.0 Å². The fraction of sp³-hybridized carbons (Fsp3) is 0.235. The van der Waals surface area contributed by atoms with E-state index in [-0.39, 0.29) is 11.7 Å². The van der Waals surface area contributed by atoms with Gasteiger partial charge in [-0.3, -0.25) is 4.79 Å². The van der Waals surface area contributed by atoms with Crippen molar-refractivity contribution in [2.24, 2.45) is 0 Å². The maximum Gasteiger partial charge on any atom is 0.277 e. The van der Waals surface area contributed by atoms with Crippen LogP contribution in [0, 0.1) is 6.92 Å². The molecule has 1 aromatic carbocycles. The van der Waals surface area contributed by atoms with Crippen molar-refractivity contribution in [2.75, 3.05) is 25.3 Å². The predicted octanol–water partition coefficient (Wildman–Crippen LogP) is 3.39. The number of nitrogens with one attached hydrogen (secondary N) is 1. The number of anilines is 1. The standard InChI is InChI=1S/C17H17N3O5S/c1-10-12(6-7-24-10)16-19-20-17(25-16)26-9-15(21)18-13-8-11(22-2)4-5-14(13)23-3/h4-8H,9H2,1-3H3,(H,18,21). The van der Waals surface area contributed by atoms with Gasteiger partial charge in [0.1, 0.15) is 17.3 Å². The molecule has 0 aliphatic carbocycles. The van der Waals surface area contributed by atoms with E-state index in [1.807, 2.05) is 0 Å². The van der Waals surface area contributed by atoms with Crippen LogP contribution in [-0.2, 0) is 4.79 Å². The lowest BCUT2D eigenvalue weighted by Crippen LogP contribution is -2.14. The number of aryl methyl sites for hydroxylation is 1. The summed E-state index contributed by atoms with van der Waals surface area (Å²) in [6.45, 7) is 1.81. The Labute approximate surface area is 153 Å². The van der Waals surface area contributed by atoms with Crippen LogP contribution in [0.5, 0.6) is 11.5 Å². The van der Waals surface area contributed by atoms with Crippen LogP contribution >= 0.6 is 11.8 Å². The van der Waals surface area contributed by atoms with Crippen molar-refractivity contribution < 1.29 is 23.1 Å². The topological polar surface area (TPSA) is 99.6 Å². The number of benzene rings is 1. The fourth-order valence-corrected chi connectivity index (χ4v) is 2.77. The molecule has 2 heterocycles. The number of carbonyl (C=O) groups is 1. The number of aromatic nitrogens is 2. The Bertz CT molecular complexity index is 905. The molecule has 1 N–H and O–H groups in total. The second-order valence-corrected chi connectivity index (χ2v) is 6.09. The van der Waals surface area contributed by atoms with Gasteiger partial charge in [0, 0.05) is 6.07 Å². The molecule has 0 aliphatic heterocycles. The molecule has 136 valence electrons. The van der Waals surface area contributed by atoms with Gasteiger partial charge in [-0.05, 0) is 25.1 Å². The number of methoxy groups -OCH3 is 2. The van der Waals surface area contributed by atoms with E-state index < -0.39 is 0 Å². The Morgan fingerprint density at radius 2 is 2.08 bits per heavy atom. The van der Waals surface area contributed by atoms with Gasteiger partial charge in [-0.1, -0.05) is 11.8 Å². The SMILES string of the molecule is COc1ccc(OC)c(NC(=O)CSc2nnc(-c3ccoc3C)o2)c1. The van der Waals surface area contributed by atoms with Crippen LogP contribution in [-0.4, -0.2) is 36.1 Å². The Kier molecular flexibility index (Phi) is 5.47. The summed E-state index contributed by atoms with van der Waals surface area (Å²) in [5, 5.41) is 11.0. The second kappa shape index (κ2) is 7.96. The molecule has 9 heteroatoms. The van der Waals surface area contributed by atoms with Crippen molar-refractivity contribution in [1.82, 2.24) is 10.2 Å². The largest absolute Gasteiger partial charge is 0.497 e. The van der Waals surface area contributed by atoms with Crippen LogP contribution in [0.15, 0.2) is 44.6 Å². The first-order chi connectivity index (χ1) is 12.6. The maximum atomic E-state index is 12.2. The molecule has 0 aliphatic rings. The molecule has 0 atom stereocenters.